The van der Waals surface area contributed by atoms with E-state index in [0.717, 1.165) is 39.7 Å². The van der Waals surface area contributed by atoms with Gasteiger partial charge in [-0.1, -0.05) is 24.3 Å². The molecule has 1 unspecified atom stereocenters. The van der Waals surface area contributed by atoms with Crippen LogP contribution in [0.5, 0.6) is 11.5 Å². The summed E-state index contributed by atoms with van der Waals surface area (Å²) < 4.78 is 10.3. The number of fused-ring (bicyclic) bond motifs is 1. The Balaban J connectivity index is 1.42. The number of aliphatic imine (C=N–C) groups is 1. The fourth-order valence-electron chi connectivity index (χ4n) is 3.66. The van der Waals surface area contributed by atoms with Gasteiger partial charge in [0.05, 0.1) is 5.69 Å². The Kier molecular flexibility index (Phi) is 4.21. The van der Waals surface area contributed by atoms with Gasteiger partial charge < -0.3 is 9.14 Å². The quantitative estimate of drug-likeness (QED) is 0.468. The van der Waals surface area contributed by atoms with E-state index in [2.05, 4.69) is 27.9 Å². The summed E-state index contributed by atoms with van der Waals surface area (Å²) in [4.78, 5) is 9.38. The number of rotatable bonds is 4. The van der Waals surface area contributed by atoms with E-state index in [1.54, 1.807) is 0 Å². The lowest BCUT2D eigenvalue weighted by Crippen LogP contribution is -2.09. The summed E-state index contributed by atoms with van der Waals surface area (Å²) in [6, 6.07) is 22.1. The third kappa shape index (κ3) is 3.43. The molecule has 5 rings (SSSR count). The summed E-state index contributed by atoms with van der Waals surface area (Å²) in [5.74, 6) is 1.57. The van der Waals surface area contributed by atoms with Gasteiger partial charge in [0.25, 0.3) is 6.17 Å². The number of pyridine rings is 1. The molecule has 0 saturated heterocycles. The van der Waals surface area contributed by atoms with Crippen molar-refractivity contribution in [1.29, 1.82) is 0 Å². The first kappa shape index (κ1) is 17.4. The van der Waals surface area contributed by atoms with Gasteiger partial charge in [-0.15, -0.1) is 0 Å². The Hall–Kier alpha value is -3.73. The van der Waals surface area contributed by atoms with E-state index in [-0.39, 0.29) is 6.17 Å². The average Bonchev–Trinajstić information content (AvgIpc) is 3.31. The number of benzene rings is 2. The average molecular weight is 381 g/mol. The highest BCUT2D eigenvalue weighted by Crippen LogP contribution is 2.30. The van der Waals surface area contributed by atoms with Gasteiger partial charge in [0.1, 0.15) is 29.9 Å². The number of nitrogens with zero attached hydrogens (tertiary/aromatic N) is 4. The third-order valence-corrected chi connectivity index (χ3v) is 4.99. The van der Waals surface area contributed by atoms with Crippen molar-refractivity contribution in [2.24, 2.45) is 4.99 Å². The fourth-order valence-corrected chi connectivity index (χ4v) is 3.66. The second-order valence-corrected chi connectivity index (χ2v) is 7.23. The smallest absolute Gasteiger partial charge is 0.272 e. The minimum Gasteiger partial charge on any atom is -0.457 e. The summed E-state index contributed by atoms with van der Waals surface area (Å²) in [5.41, 5.74) is 5.00. The number of aromatic nitrogens is 2. The molecule has 3 heterocycles. The van der Waals surface area contributed by atoms with Crippen LogP contribution in [0.3, 0.4) is 0 Å². The molecule has 0 radical (unpaired) electrons. The summed E-state index contributed by atoms with van der Waals surface area (Å²) in [6.45, 7) is 2.02. The molecule has 0 fully saturated rings. The lowest BCUT2D eigenvalue weighted by atomic mass is 10.1. The second-order valence-electron chi connectivity index (χ2n) is 7.23. The van der Waals surface area contributed by atoms with Crippen molar-refractivity contribution in [1.82, 2.24) is 9.38 Å². The number of imidazole rings is 1. The third-order valence-electron chi connectivity index (χ3n) is 4.99. The molecule has 0 aliphatic carbocycles. The molecule has 0 N–H and O–H groups in total. The maximum Gasteiger partial charge on any atom is 0.272 e. The normalized spacial score (nSPS) is 16.0. The van der Waals surface area contributed by atoms with Crippen LogP contribution in [0.2, 0.25) is 0 Å². The SMILES string of the molecule is CC1=NC(c2cccc(Oc3cccc(-c4cn5ccccc5n4)c3)c2)[N+](C)=C1. The van der Waals surface area contributed by atoms with E-state index in [1.807, 2.05) is 85.4 Å². The minimum absolute atomic E-state index is 0.00265. The molecule has 0 amide bonds. The summed E-state index contributed by atoms with van der Waals surface area (Å²) in [6.07, 6.45) is 6.08. The number of ether oxygens (including phenoxy) is 1. The van der Waals surface area contributed by atoms with Gasteiger partial charge in [-0.25, -0.2) is 14.6 Å². The van der Waals surface area contributed by atoms with Crippen LogP contribution in [0.4, 0.5) is 0 Å². The summed E-state index contributed by atoms with van der Waals surface area (Å²) >= 11 is 0. The fraction of sp³-hybridized carbons (Fsp3) is 0.125. The molecule has 1 aliphatic rings. The lowest BCUT2D eigenvalue weighted by Gasteiger charge is -2.10. The topological polar surface area (TPSA) is 41.9 Å². The predicted octanol–water partition coefficient (Wildman–Crippen LogP) is 4.98. The van der Waals surface area contributed by atoms with Crippen LogP contribution >= 0.6 is 0 Å². The first-order valence-corrected chi connectivity index (χ1v) is 9.59. The van der Waals surface area contributed by atoms with E-state index >= 15 is 0 Å². The summed E-state index contributed by atoms with van der Waals surface area (Å²) in [7, 11) is 2.04. The van der Waals surface area contributed by atoms with E-state index in [9.17, 15) is 0 Å². The highest BCUT2D eigenvalue weighted by Gasteiger charge is 2.24. The molecule has 5 heteroatoms. The van der Waals surface area contributed by atoms with Crippen LogP contribution < -0.4 is 4.74 Å². The van der Waals surface area contributed by atoms with E-state index in [1.165, 1.54) is 0 Å². The Morgan fingerprint density at radius 3 is 2.59 bits per heavy atom. The van der Waals surface area contributed by atoms with Gasteiger partial charge in [0.15, 0.2) is 6.21 Å². The van der Waals surface area contributed by atoms with E-state index in [4.69, 9.17) is 9.72 Å². The van der Waals surface area contributed by atoms with Crippen molar-refractivity contribution in [3.63, 3.8) is 0 Å². The van der Waals surface area contributed by atoms with Crippen LogP contribution in [-0.4, -0.2) is 32.9 Å². The van der Waals surface area contributed by atoms with Crippen LogP contribution in [0, 0.1) is 0 Å². The van der Waals surface area contributed by atoms with Crippen LogP contribution in [0.25, 0.3) is 16.9 Å². The van der Waals surface area contributed by atoms with Gasteiger partial charge in [-0.3, -0.25) is 0 Å². The molecule has 2 aromatic carbocycles. The number of hydrogen-bond acceptors (Lipinski definition) is 3. The molecule has 2 aromatic heterocycles. The van der Waals surface area contributed by atoms with Gasteiger partial charge in [-0.2, -0.15) is 0 Å². The van der Waals surface area contributed by atoms with Crippen molar-refractivity contribution in [3.05, 3.63) is 84.7 Å². The lowest BCUT2D eigenvalue weighted by molar-refractivity contribution is -0.533. The van der Waals surface area contributed by atoms with E-state index in [0.29, 0.717) is 0 Å². The van der Waals surface area contributed by atoms with Gasteiger partial charge >= 0.3 is 0 Å². The monoisotopic (exact) mass is 381 g/mol. The number of hydrogen-bond donors (Lipinski definition) is 0. The van der Waals surface area contributed by atoms with Crippen molar-refractivity contribution >= 4 is 17.6 Å². The van der Waals surface area contributed by atoms with Crippen molar-refractivity contribution < 1.29 is 9.31 Å². The molecule has 142 valence electrons. The zero-order chi connectivity index (χ0) is 19.8. The summed E-state index contributed by atoms with van der Waals surface area (Å²) in [5, 5.41) is 0. The first-order chi connectivity index (χ1) is 14.2. The molecule has 0 saturated carbocycles. The van der Waals surface area contributed by atoms with E-state index < -0.39 is 0 Å². The maximum atomic E-state index is 6.17. The minimum atomic E-state index is 0.00265. The highest BCUT2D eigenvalue weighted by atomic mass is 16.5. The molecular weight excluding hydrogens is 360 g/mol. The molecule has 5 nitrogen and oxygen atoms in total. The van der Waals surface area contributed by atoms with Crippen molar-refractivity contribution in [3.8, 4) is 22.8 Å². The second kappa shape index (κ2) is 7.02. The Morgan fingerprint density at radius 1 is 0.966 bits per heavy atom. The molecule has 0 bridgehead atoms. The van der Waals surface area contributed by atoms with Gasteiger partial charge in [0.2, 0.25) is 0 Å². The Morgan fingerprint density at radius 2 is 1.79 bits per heavy atom. The predicted molar refractivity (Wildman–Crippen MR) is 115 cm³/mol. The van der Waals surface area contributed by atoms with Crippen LogP contribution in [-0.2, 0) is 0 Å². The van der Waals surface area contributed by atoms with Crippen LogP contribution in [0.15, 0.2) is 84.1 Å². The molecule has 0 spiro atoms. The van der Waals surface area contributed by atoms with Crippen molar-refractivity contribution in [2.45, 2.75) is 13.1 Å². The zero-order valence-corrected chi connectivity index (χ0v) is 16.4. The Labute approximate surface area is 169 Å². The van der Waals surface area contributed by atoms with Crippen LogP contribution in [0.1, 0.15) is 18.7 Å². The van der Waals surface area contributed by atoms with Crippen molar-refractivity contribution in [2.75, 3.05) is 7.05 Å². The van der Waals surface area contributed by atoms with Gasteiger partial charge in [0, 0.05) is 23.5 Å². The van der Waals surface area contributed by atoms with Gasteiger partial charge in [-0.05, 0) is 49.4 Å². The molecule has 29 heavy (non-hydrogen) atoms. The molecule has 1 atom stereocenters. The maximum absolute atomic E-state index is 6.17. The largest absolute Gasteiger partial charge is 0.457 e. The molecule has 4 aromatic rings. The molecule has 1 aliphatic heterocycles. The Bertz CT molecular complexity index is 1240. The first-order valence-electron chi connectivity index (χ1n) is 9.59. The molecular formula is C24H21N4O+. The highest BCUT2D eigenvalue weighted by molar-refractivity contribution is 6.28. The standard InChI is InChI=1S/C24H21N4O/c1-17-15-27(2)24(25-17)19-8-6-10-21(14-19)29-20-9-5-7-18(13-20)22-16-28-12-4-3-11-23(28)26-22/h3-16,24H,1-2H3/q+1. The zero-order valence-electron chi connectivity index (χ0n) is 16.4.